The van der Waals surface area contributed by atoms with Crippen LogP contribution in [0.15, 0.2) is 67.0 Å². The first-order valence-electron chi connectivity index (χ1n) is 13.0. The van der Waals surface area contributed by atoms with Gasteiger partial charge in [-0.05, 0) is 52.8 Å². The highest BCUT2D eigenvalue weighted by molar-refractivity contribution is 5.77. The molecule has 0 fully saturated rings. The van der Waals surface area contributed by atoms with Crippen LogP contribution in [-0.2, 0) is 29.2 Å². The number of hydrogen-bond donors (Lipinski definition) is 0. The number of hydrogen-bond acceptors (Lipinski definition) is 5. The zero-order chi connectivity index (χ0) is 28.0. The van der Waals surface area contributed by atoms with Crippen molar-refractivity contribution >= 4 is 5.97 Å². The van der Waals surface area contributed by atoms with Crippen molar-refractivity contribution in [3.63, 3.8) is 0 Å². The highest BCUT2D eigenvalue weighted by Gasteiger charge is 2.38. The van der Waals surface area contributed by atoms with E-state index < -0.39 is 17.8 Å². The number of aryl methyl sites for hydroxylation is 1. The number of carbonyl (C=O) groups is 1. The number of nitrogens with zero attached hydrogens (tertiary/aromatic N) is 2. The summed E-state index contributed by atoms with van der Waals surface area (Å²) in [6.45, 7) is 0.378. The molecular weight excluding hydrogens is 521 g/mol. The molecule has 0 amide bonds. The maximum Gasteiger partial charge on any atom is 0.417 e. The van der Waals surface area contributed by atoms with E-state index in [-0.39, 0.29) is 23.9 Å². The largest absolute Gasteiger partial charge is 0.492 e. The Balaban J connectivity index is 1.30. The molecule has 0 saturated heterocycles. The molecule has 2 atom stereocenters. The number of benzene rings is 3. The van der Waals surface area contributed by atoms with Gasteiger partial charge >= 0.3 is 12.1 Å². The number of methoxy groups -OCH3 is 1. The number of aromatic nitrogens is 2. The van der Waals surface area contributed by atoms with E-state index in [1.54, 1.807) is 35.1 Å². The minimum Gasteiger partial charge on any atom is -0.492 e. The Morgan fingerprint density at radius 1 is 1.05 bits per heavy atom. The van der Waals surface area contributed by atoms with Crippen LogP contribution < -0.4 is 9.47 Å². The number of esters is 1. The van der Waals surface area contributed by atoms with Crippen molar-refractivity contribution in [2.24, 2.45) is 7.05 Å². The van der Waals surface area contributed by atoms with E-state index in [0.717, 1.165) is 28.3 Å². The van der Waals surface area contributed by atoms with E-state index in [1.807, 2.05) is 37.5 Å². The van der Waals surface area contributed by atoms with E-state index in [9.17, 15) is 18.0 Å². The molecule has 206 valence electrons. The quantitative estimate of drug-likeness (QED) is 0.246. The van der Waals surface area contributed by atoms with Gasteiger partial charge in [0.25, 0.3) is 0 Å². The first-order valence-corrected chi connectivity index (χ1v) is 13.0. The van der Waals surface area contributed by atoms with Crippen LogP contribution in [-0.4, -0.2) is 29.5 Å². The Bertz CT molecular complexity index is 1580. The molecule has 4 aromatic rings. The number of alkyl halides is 3. The molecule has 0 bridgehead atoms. The molecular formula is C31H27F3N2O4. The summed E-state index contributed by atoms with van der Waals surface area (Å²) in [5, 5.41) is 4.18. The predicted octanol–water partition coefficient (Wildman–Crippen LogP) is 6.88. The molecule has 0 spiro atoms. The number of rotatable bonds is 6. The van der Waals surface area contributed by atoms with Crippen LogP contribution in [0.1, 0.15) is 47.1 Å². The molecule has 6 rings (SSSR count). The van der Waals surface area contributed by atoms with Crippen LogP contribution in [0.4, 0.5) is 13.2 Å². The standard InChI is InChI=1S/C31H27F3N2O4/c1-36-16-21(15-35-36)18-3-5-19(6-4-18)30-25-10-12-27(24(25)9-11-26(30)31(32,33)34)40-22-7-8-23-20(13-29(37)38-2)17-39-28(23)14-22/h3-9,11,14-16,20,27H,10,12-13,17H2,1-2H3. The molecule has 2 unspecified atom stereocenters. The lowest BCUT2D eigenvalue weighted by molar-refractivity contribution is -0.141. The van der Waals surface area contributed by atoms with Crippen LogP contribution in [0.2, 0.25) is 0 Å². The topological polar surface area (TPSA) is 62.6 Å². The van der Waals surface area contributed by atoms with Gasteiger partial charge in [0.1, 0.15) is 17.6 Å². The van der Waals surface area contributed by atoms with Crippen LogP contribution >= 0.6 is 0 Å². The summed E-state index contributed by atoms with van der Waals surface area (Å²) in [5.41, 5.74) is 4.17. The van der Waals surface area contributed by atoms with Crippen LogP contribution in [0.5, 0.6) is 11.5 Å². The first-order chi connectivity index (χ1) is 19.2. The van der Waals surface area contributed by atoms with Crippen molar-refractivity contribution in [3.05, 3.63) is 89.2 Å². The second-order valence-electron chi connectivity index (χ2n) is 10.2. The molecule has 1 aliphatic heterocycles. The Morgan fingerprint density at radius 2 is 1.80 bits per heavy atom. The molecule has 0 saturated carbocycles. The Kier molecular flexibility index (Phi) is 6.52. The molecule has 1 aliphatic carbocycles. The summed E-state index contributed by atoms with van der Waals surface area (Å²) in [6.07, 6.45) is -0.0529. The molecule has 2 aliphatic rings. The molecule has 40 heavy (non-hydrogen) atoms. The smallest absolute Gasteiger partial charge is 0.417 e. The molecule has 3 aromatic carbocycles. The lowest BCUT2D eigenvalue weighted by atomic mass is 9.90. The van der Waals surface area contributed by atoms with Gasteiger partial charge in [-0.1, -0.05) is 36.4 Å². The maximum atomic E-state index is 14.2. The lowest BCUT2D eigenvalue weighted by Gasteiger charge is -2.20. The fourth-order valence-electron chi connectivity index (χ4n) is 5.70. The third-order valence-electron chi connectivity index (χ3n) is 7.65. The number of carbonyl (C=O) groups excluding carboxylic acids is 1. The monoisotopic (exact) mass is 548 g/mol. The van der Waals surface area contributed by atoms with Gasteiger partial charge in [0, 0.05) is 36.4 Å². The summed E-state index contributed by atoms with van der Waals surface area (Å²) in [7, 11) is 3.17. The second-order valence-corrected chi connectivity index (χ2v) is 10.2. The van der Waals surface area contributed by atoms with E-state index in [1.165, 1.54) is 7.11 Å². The van der Waals surface area contributed by atoms with Gasteiger partial charge in [-0.15, -0.1) is 0 Å². The van der Waals surface area contributed by atoms with Gasteiger partial charge in [0.05, 0.1) is 31.9 Å². The normalized spacial score (nSPS) is 17.7. The lowest BCUT2D eigenvalue weighted by Crippen LogP contribution is -2.10. The van der Waals surface area contributed by atoms with E-state index >= 15 is 0 Å². The summed E-state index contributed by atoms with van der Waals surface area (Å²) in [4.78, 5) is 11.7. The third kappa shape index (κ3) is 4.80. The summed E-state index contributed by atoms with van der Waals surface area (Å²) in [6, 6.07) is 15.3. The van der Waals surface area contributed by atoms with Gasteiger partial charge in [-0.3, -0.25) is 9.48 Å². The highest BCUT2D eigenvalue weighted by atomic mass is 19.4. The minimum absolute atomic E-state index is 0.0865. The summed E-state index contributed by atoms with van der Waals surface area (Å²) < 4.78 is 61.1. The van der Waals surface area contributed by atoms with Crippen molar-refractivity contribution in [3.8, 4) is 33.8 Å². The fourth-order valence-corrected chi connectivity index (χ4v) is 5.70. The van der Waals surface area contributed by atoms with Crippen LogP contribution in [0, 0.1) is 0 Å². The van der Waals surface area contributed by atoms with E-state index in [2.05, 4.69) is 5.10 Å². The van der Waals surface area contributed by atoms with E-state index in [4.69, 9.17) is 14.2 Å². The average molecular weight is 549 g/mol. The summed E-state index contributed by atoms with van der Waals surface area (Å²) >= 11 is 0. The molecule has 1 aromatic heterocycles. The van der Waals surface area contributed by atoms with Crippen molar-refractivity contribution < 1.29 is 32.2 Å². The minimum atomic E-state index is -4.50. The molecule has 0 N–H and O–H groups in total. The van der Waals surface area contributed by atoms with Crippen LogP contribution in [0.25, 0.3) is 22.3 Å². The zero-order valence-electron chi connectivity index (χ0n) is 22.0. The predicted molar refractivity (Wildman–Crippen MR) is 142 cm³/mol. The molecule has 0 radical (unpaired) electrons. The Hall–Kier alpha value is -4.27. The zero-order valence-corrected chi connectivity index (χ0v) is 22.0. The van der Waals surface area contributed by atoms with Gasteiger partial charge in [0.15, 0.2) is 0 Å². The van der Waals surface area contributed by atoms with Crippen molar-refractivity contribution in [2.45, 2.75) is 37.5 Å². The van der Waals surface area contributed by atoms with Gasteiger partial charge in [-0.25, -0.2) is 0 Å². The fraction of sp³-hybridized carbons (Fsp3) is 0.290. The number of fused-ring (bicyclic) bond motifs is 2. The van der Waals surface area contributed by atoms with E-state index in [0.29, 0.717) is 42.1 Å². The second kappa shape index (κ2) is 10.0. The van der Waals surface area contributed by atoms with Gasteiger partial charge in [-0.2, -0.15) is 18.3 Å². The van der Waals surface area contributed by atoms with Crippen molar-refractivity contribution in [1.82, 2.24) is 9.78 Å². The number of ether oxygens (including phenoxy) is 3. The first kappa shape index (κ1) is 26.0. The van der Waals surface area contributed by atoms with Crippen molar-refractivity contribution in [2.75, 3.05) is 13.7 Å². The molecule has 9 heteroatoms. The SMILES string of the molecule is COC(=O)CC1COc2cc(OC3CCc4c3ccc(C(F)(F)F)c4-c3ccc(-c4cnn(C)c4)cc3)ccc21. The molecule has 2 heterocycles. The maximum absolute atomic E-state index is 14.2. The Morgan fingerprint density at radius 3 is 2.50 bits per heavy atom. The van der Waals surface area contributed by atoms with Gasteiger partial charge < -0.3 is 14.2 Å². The number of halogens is 3. The third-order valence-corrected chi connectivity index (χ3v) is 7.65. The molecule has 6 nitrogen and oxygen atoms in total. The highest BCUT2D eigenvalue weighted by Crippen LogP contribution is 2.47. The summed E-state index contributed by atoms with van der Waals surface area (Å²) in [5.74, 6) is 0.825. The van der Waals surface area contributed by atoms with Crippen molar-refractivity contribution in [1.29, 1.82) is 0 Å². The Labute approximate surface area is 229 Å². The van der Waals surface area contributed by atoms with Crippen LogP contribution in [0.3, 0.4) is 0 Å². The van der Waals surface area contributed by atoms with Gasteiger partial charge in [0.2, 0.25) is 0 Å². The average Bonchev–Trinajstić information content (AvgIpc) is 3.66.